The minimum absolute atomic E-state index is 0.0562. The lowest BCUT2D eigenvalue weighted by Crippen LogP contribution is -2.43. The molecule has 0 radical (unpaired) electrons. The van der Waals surface area contributed by atoms with Crippen LogP contribution in [0.1, 0.15) is 17.6 Å². The van der Waals surface area contributed by atoms with E-state index in [4.69, 9.17) is 10.6 Å². The van der Waals surface area contributed by atoms with Crippen molar-refractivity contribution in [3.8, 4) is 0 Å². The number of thiazole rings is 1. The molecular formula is C11H21N5OS. The quantitative estimate of drug-likeness (QED) is 0.357. The summed E-state index contributed by atoms with van der Waals surface area (Å²) in [5.74, 6) is 6.13. The van der Waals surface area contributed by atoms with Crippen LogP contribution in [0, 0.1) is 6.92 Å². The van der Waals surface area contributed by atoms with E-state index in [9.17, 15) is 0 Å². The Morgan fingerprint density at radius 2 is 2.44 bits per heavy atom. The molecule has 0 aliphatic rings. The standard InChI is InChI=1S/C11H21N5OS/c1-8(6-17-4)13-11(15-12)16(3)5-10-7-18-9(2)14-10/h7-8H,5-6,12H2,1-4H3,(H,13,15). The Morgan fingerprint density at radius 3 is 2.94 bits per heavy atom. The monoisotopic (exact) mass is 271 g/mol. The molecule has 0 aromatic carbocycles. The smallest absolute Gasteiger partial charge is 0.208 e. The molecule has 1 aromatic rings. The largest absolute Gasteiger partial charge is 0.382 e. The lowest BCUT2D eigenvalue weighted by molar-refractivity contribution is 0.185. The van der Waals surface area contributed by atoms with Gasteiger partial charge in [-0.2, -0.15) is 0 Å². The minimum Gasteiger partial charge on any atom is -0.382 e. The van der Waals surface area contributed by atoms with Crippen molar-refractivity contribution >= 4 is 17.3 Å². The van der Waals surface area contributed by atoms with Crippen LogP contribution in [-0.4, -0.2) is 42.6 Å². The predicted octanol–water partition coefficient (Wildman–Crippen LogP) is 0.738. The summed E-state index contributed by atoms with van der Waals surface area (Å²) in [4.78, 5) is 10.8. The number of nitrogens with zero attached hydrogens (tertiary/aromatic N) is 3. The number of rotatable bonds is 5. The van der Waals surface area contributed by atoms with Crippen LogP contribution < -0.4 is 11.3 Å². The summed E-state index contributed by atoms with van der Waals surface area (Å²) in [5, 5.41) is 3.10. The second kappa shape index (κ2) is 7.30. The fourth-order valence-corrected chi connectivity index (χ4v) is 2.14. The van der Waals surface area contributed by atoms with Crippen molar-refractivity contribution in [3.05, 3.63) is 16.1 Å². The Balaban J connectivity index is 2.64. The predicted molar refractivity (Wildman–Crippen MR) is 74.4 cm³/mol. The summed E-state index contributed by atoms with van der Waals surface area (Å²) < 4.78 is 5.05. The SMILES string of the molecule is COCC(C)N=C(NN)N(C)Cc1csc(C)n1. The number of aryl methyl sites for hydroxylation is 1. The van der Waals surface area contributed by atoms with Gasteiger partial charge in [-0.05, 0) is 13.8 Å². The third kappa shape index (κ3) is 4.59. The Kier molecular flexibility index (Phi) is 6.03. The van der Waals surface area contributed by atoms with Crippen molar-refractivity contribution in [3.63, 3.8) is 0 Å². The third-order valence-electron chi connectivity index (χ3n) is 2.31. The molecule has 18 heavy (non-hydrogen) atoms. The van der Waals surface area contributed by atoms with Gasteiger partial charge in [0.05, 0.1) is 29.9 Å². The van der Waals surface area contributed by atoms with E-state index < -0.39 is 0 Å². The summed E-state index contributed by atoms with van der Waals surface area (Å²) in [7, 11) is 3.58. The number of aliphatic imine (C=N–C) groups is 1. The first-order valence-corrected chi connectivity index (χ1v) is 6.60. The molecule has 102 valence electrons. The molecule has 7 heteroatoms. The van der Waals surface area contributed by atoms with E-state index in [1.54, 1.807) is 18.4 Å². The van der Waals surface area contributed by atoms with E-state index in [2.05, 4.69) is 15.4 Å². The maximum absolute atomic E-state index is 5.50. The normalized spacial score (nSPS) is 13.5. The van der Waals surface area contributed by atoms with E-state index >= 15 is 0 Å². The van der Waals surface area contributed by atoms with Gasteiger partial charge in [-0.3, -0.25) is 5.43 Å². The summed E-state index contributed by atoms with van der Waals surface area (Å²) in [6, 6.07) is 0.0562. The molecule has 0 amide bonds. The van der Waals surface area contributed by atoms with Crippen LogP contribution >= 0.6 is 11.3 Å². The number of aromatic nitrogens is 1. The van der Waals surface area contributed by atoms with E-state index in [0.717, 1.165) is 10.7 Å². The fourth-order valence-electron chi connectivity index (χ4n) is 1.53. The van der Waals surface area contributed by atoms with E-state index in [1.165, 1.54) is 0 Å². The number of hydrogen-bond acceptors (Lipinski definition) is 5. The summed E-state index contributed by atoms with van der Waals surface area (Å²) in [6.07, 6.45) is 0. The van der Waals surface area contributed by atoms with Gasteiger partial charge < -0.3 is 9.64 Å². The molecule has 3 N–H and O–H groups in total. The van der Waals surface area contributed by atoms with Crippen LogP contribution in [0.15, 0.2) is 10.4 Å². The van der Waals surface area contributed by atoms with Gasteiger partial charge in [0.2, 0.25) is 5.96 Å². The topological polar surface area (TPSA) is 75.8 Å². The number of hydrogen-bond donors (Lipinski definition) is 2. The Hall–Kier alpha value is -1.18. The lowest BCUT2D eigenvalue weighted by Gasteiger charge is -2.21. The maximum Gasteiger partial charge on any atom is 0.208 e. The zero-order valence-electron chi connectivity index (χ0n) is 11.3. The van der Waals surface area contributed by atoms with Crippen molar-refractivity contribution in [2.75, 3.05) is 20.8 Å². The van der Waals surface area contributed by atoms with E-state index in [0.29, 0.717) is 19.1 Å². The highest BCUT2D eigenvalue weighted by atomic mass is 32.1. The first kappa shape index (κ1) is 14.9. The van der Waals surface area contributed by atoms with Crippen LogP contribution in [0.4, 0.5) is 0 Å². The van der Waals surface area contributed by atoms with Crippen molar-refractivity contribution in [1.29, 1.82) is 0 Å². The second-order valence-electron chi connectivity index (χ2n) is 4.12. The van der Waals surface area contributed by atoms with Crippen LogP contribution in [0.3, 0.4) is 0 Å². The van der Waals surface area contributed by atoms with Gasteiger partial charge in [0.25, 0.3) is 0 Å². The zero-order valence-corrected chi connectivity index (χ0v) is 12.1. The van der Waals surface area contributed by atoms with Gasteiger partial charge >= 0.3 is 0 Å². The van der Waals surface area contributed by atoms with Gasteiger partial charge in [0.1, 0.15) is 0 Å². The minimum atomic E-state index is 0.0562. The van der Waals surface area contributed by atoms with E-state index in [-0.39, 0.29) is 6.04 Å². The molecule has 0 aliphatic carbocycles. The lowest BCUT2D eigenvalue weighted by atomic mass is 10.4. The molecule has 0 spiro atoms. The average molecular weight is 271 g/mol. The highest BCUT2D eigenvalue weighted by Gasteiger charge is 2.09. The summed E-state index contributed by atoms with van der Waals surface area (Å²) >= 11 is 1.64. The fraction of sp³-hybridized carbons (Fsp3) is 0.636. The van der Waals surface area contributed by atoms with Crippen molar-refractivity contribution in [1.82, 2.24) is 15.3 Å². The number of ether oxygens (including phenoxy) is 1. The molecule has 1 heterocycles. The molecule has 0 saturated heterocycles. The Bertz CT molecular complexity index is 393. The van der Waals surface area contributed by atoms with Crippen LogP contribution in [0.5, 0.6) is 0 Å². The molecule has 1 aromatic heterocycles. The first-order valence-electron chi connectivity index (χ1n) is 5.72. The molecule has 0 bridgehead atoms. The number of methoxy groups -OCH3 is 1. The number of hydrazine groups is 1. The molecule has 1 unspecified atom stereocenters. The van der Waals surface area contributed by atoms with Crippen molar-refractivity contribution < 1.29 is 4.74 Å². The zero-order chi connectivity index (χ0) is 13.5. The van der Waals surface area contributed by atoms with E-state index in [1.807, 2.05) is 31.2 Å². The van der Waals surface area contributed by atoms with Gasteiger partial charge in [-0.15, -0.1) is 11.3 Å². The maximum atomic E-state index is 5.50. The molecular weight excluding hydrogens is 250 g/mol. The molecule has 1 rings (SSSR count). The highest BCUT2D eigenvalue weighted by molar-refractivity contribution is 7.09. The molecule has 0 saturated carbocycles. The van der Waals surface area contributed by atoms with Crippen molar-refractivity contribution in [2.24, 2.45) is 10.8 Å². The van der Waals surface area contributed by atoms with Gasteiger partial charge in [-0.1, -0.05) is 0 Å². The molecule has 0 aliphatic heterocycles. The molecule has 0 fully saturated rings. The molecule has 6 nitrogen and oxygen atoms in total. The van der Waals surface area contributed by atoms with Gasteiger partial charge in [-0.25, -0.2) is 15.8 Å². The van der Waals surface area contributed by atoms with Gasteiger partial charge in [0, 0.05) is 19.5 Å². The summed E-state index contributed by atoms with van der Waals surface area (Å²) in [5.41, 5.74) is 3.63. The number of nitrogens with one attached hydrogen (secondary N) is 1. The third-order valence-corrected chi connectivity index (χ3v) is 3.13. The highest BCUT2D eigenvalue weighted by Crippen LogP contribution is 2.09. The van der Waals surface area contributed by atoms with Crippen LogP contribution in [0.2, 0.25) is 0 Å². The van der Waals surface area contributed by atoms with Crippen LogP contribution in [0.25, 0.3) is 0 Å². The summed E-state index contributed by atoms with van der Waals surface area (Å²) in [6.45, 7) is 5.20. The average Bonchev–Trinajstić information content (AvgIpc) is 2.72. The number of nitrogens with two attached hydrogens (primary N) is 1. The van der Waals surface area contributed by atoms with Crippen molar-refractivity contribution in [2.45, 2.75) is 26.4 Å². The second-order valence-corrected chi connectivity index (χ2v) is 5.18. The molecule has 1 atom stereocenters. The first-order chi connectivity index (χ1) is 8.56. The van der Waals surface area contributed by atoms with Gasteiger partial charge in [0.15, 0.2) is 0 Å². The number of guanidine groups is 1. The van der Waals surface area contributed by atoms with Crippen LogP contribution in [-0.2, 0) is 11.3 Å². The Morgan fingerprint density at radius 1 is 1.72 bits per heavy atom. The Labute approximate surface area is 112 Å².